The molecule has 0 aromatic carbocycles. The predicted molar refractivity (Wildman–Crippen MR) is 18.9 cm³/mol. The zero-order valence-electron chi connectivity index (χ0n) is 2.67. The Hall–Kier alpha value is 2.10. The van der Waals surface area contributed by atoms with E-state index in [2.05, 4.69) is 0 Å². The molecule has 28 valence electrons. The van der Waals surface area contributed by atoms with E-state index in [0.29, 0.717) is 0 Å². The minimum absolute atomic E-state index is 0. The summed E-state index contributed by atoms with van der Waals surface area (Å²) >= 11 is 0. The molecule has 0 aliphatic rings. The number of rotatable bonds is 0. The third kappa shape index (κ3) is 36.0. The summed E-state index contributed by atoms with van der Waals surface area (Å²) in [4.78, 5) is 8.25. The first-order valence-electron chi connectivity index (χ1n) is 0.548. The summed E-state index contributed by atoms with van der Waals surface area (Å²) in [7, 11) is 0. The van der Waals surface area contributed by atoms with Gasteiger partial charge in [0.25, 0.3) is 0 Å². The molecule has 0 unspecified atom stereocenters. The van der Waals surface area contributed by atoms with Crippen molar-refractivity contribution >= 4 is 37.7 Å². The summed E-state index contributed by atoms with van der Waals surface area (Å²) in [6.07, 6.45) is 0. The van der Waals surface area contributed by atoms with Crippen molar-refractivity contribution in [2.45, 2.75) is 0 Å². The van der Waals surface area contributed by atoms with Crippen molar-refractivity contribution in [3.05, 3.63) is 15.3 Å². The van der Waals surface area contributed by atoms with Crippen LogP contribution in [0.3, 0.4) is 0 Å². The first-order chi connectivity index (χ1) is 1.73. The molecule has 0 radical (unpaired) electrons. The maximum absolute atomic E-state index is 8.25. The van der Waals surface area contributed by atoms with Gasteiger partial charge < -0.3 is 15.3 Å². The van der Waals surface area contributed by atoms with Crippen molar-refractivity contribution in [3.8, 4) is 0 Å². The van der Waals surface area contributed by atoms with Crippen LogP contribution in [0.2, 0.25) is 0 Å². The Bertz CT molecular complexity index is 33.8. The smallest absolute Gasteiger partial charge is 1.00 e. The van der Waals surface area contributed by atoms with Gasteiger partial charge in [0.15, 0.2) is 0 Å². The van der Waals surface area contributed by atoms with Crippen molar-refractivity contribution in [2.24, 2.45) is 0 Å². The summed E-state index contributed by atoms with van der Waals surface area (Å²) in [5.74, 6) is 0. The van der Waals surface area contributed by atoms with Crippen LogP contribution in [-0.4, -0.2) is 42.8 Å². The maximum Gasteiger partial charge on any atom is 1.00 e. The molecule has 0 saturated heterocycles. The number of hydrogen-bond donors (Lipinski definition) is 0. The van der Waals surface area contributed by atoms with Gasteiger partial charge >= 0.3 is 89.1 Å². The Morgan fingerprint density at radius 2 is 1.33 bits per heavy atom. The van der Waals surface area contributed by atoms with Crippen LogP contribution in [0.15, 0.2) is 0 Å². The Labute approximate surface area is 107 Å². The van der Waals surface area contributed by atoms with Gasteiger partial charge in [-0.05, 0) is 0 Å². The minimum atomic E-state index is -1.75. The molecule has 6 heavy (non-hydrogen) atoms. The van der Waals surface area contributed by atoms with Gasteiger partial charge in [0.2, 0.25) is 0 Å². The van der Waals surface area contributed by atoms with E-state index in [1.807, 2.05) is 0 Å². The summed E-state index contributed by atoms with van der Waals surface area (Å²) in [6.45, 7) is 0. The second-order valence-electron chi connectivity index (χ2n) is 0.224. The molecule has 6 heteroatoms. The molecule has 0 bridgehead atoms. The standard InChI is InChI=1S/Ca.K.NO3.2H/c;;2-1(3)4;;/q;+1;-1;;. The van der Waals surface area contributed by atoms with Crippen molar-refractivity contribution in [1.29, 1.82) is 0 Å². The molecule has 0 aliphatic carbocycles. The third-order valence-electron chi connectivity index (χ3n) is 0. The topological polar surface area (TPSA) is 66.2 Å². The molecule has 0 fully saturated rings. The molecule has 0 aromatic heterocycles. The molecule has 0 heterocycles. The van der Waals surface area contributed by atoms with Gasteiger partial charge in [-0.15, -0.1) is 0 Å². The molecule has 0 aliphatic heterocycles. The van der Waals surface area contributed by atoms with Crippen LogP contribution >= 0.6 is 0 Å². The molecule has 0 N–H and O–H groups in total. The largest absolute Gasteiger partial charge is 1.00 e. The van der Waals surface area contributed by atoms with Crippen LogP contribution in [0.1, 0.15) is 0 Å². The minimum Gasteiger partial charge on any atom is 1.00 e. The average Bonchev–Trinajstić information content (AvgIpc) is 0.811. The first kappa shape index (κ1) is 15.7. The Morgan fingerprint density at radius 3 is 1.33 bits per heavy atom. The molecular weight excluding hydrogens is 141 g/mol. The van der Waals surface area contributed by atoms with Gasteiger partial charge in [-0.3, -0.25) is 0 Å². The van der Waals surface area contributed by atoms with Gasteiger partial charge in [0.1, 0.15) is 0 Å². The quantitative estimate of drug-likeness (QED) is 0.196. The van der Waals surface area contributed by atoms with E-state index in [4.69, 9.17) is 15.3 Å². The summed E-state index contributed by atoms with van der Waals surface area (Å²) in [6, 6.07) is 0. The predicted octanol–water partition coefficient (Wildman–Crippen LogP) is -4.15. The van der Waals surface area contributed by atoms with E-state index in [9.17, 15) is 0 Å². The molecule has 4 nitrogen and oxygen atoms in total. The van der Waals surface area contributed by atoms with Gasteiger partial charge in [0.05, 0.1) is 5.09 Å². The van der Waals surface area contributed by atoms with E-state index in [-0.39, 0.29) is 89.1 Å². The van der Waals surface area contributed by atoms with Crippen LogP contribution in [-0.2, 0) is 0 Å². The van der Waals surface area contributed by atoms with Crippen LogP contribution in [0.4, 0.5) is 0 Å². The molecule has 0 rings (SSSR count). The molecule has 0 amide bonds. The molecular formula is H2CaKNO3. The Balaban J connectivity index is -0.0000000450. The fraction of sp³-hybridized carbons (Fsp3) is 0. The SMILES string of the molecule is O=[N+]([O-])[O-].[CaH2].[K+]. The van der Waals surface area contributed by atoms with E-state index in [1.54, 1.807) is 0 Å². The van der Waals surface area contributed by atoms with Crippen LogP contribution in [0, 0.1) is 15.3 Å². The average molecular weight is 143 g/mol. The fourth-order valence-electron chi connectivity index (χ4n) is 0. The second-order valence-corrected chi connectivity index (χ2v) is 0.224. The molecule has 0 saturated carbocycles. The zero-order chi connectivity index (χ0) is 3.58. The van der Waals surface area contributed by atoms with Gasteiger partial charge in [-0.1, -0.05) is 0 Å². The first-order valence-corrected chi connectivity index (χ1v) is 0.548. The number of hydrogen-bond acceptors (Lipinski definition) is 3. The van der Waals surface area contributed by atoms with Crippen molar-refractivity contribution < 1.29 is 56.5 Å². The van der Waals surface area contributed by atoms with Crippen molar-refractivity contribution in [2.75, 3.05) is 0 Å². The summed E-state index contributed by atoms with van der Waals surface area (Å²) < 4.78 is 0. The van der Waals surface area contributed by atoms with Crippen LogP contribution in [0.5, 0.6) is 0 Å². The zero-order valence-corrected chi connectivity index (χ0v) is 5.80. The second kappa shape index (κ2) is 10.2. The molecule has 0 atom stereocenters. The molecule has 0 spiro atoms. The summed E-state index contributed by atoms with van der Waals surface area (Å²) in [5, 5.41) is 14.8. The third-order valence-corrected chi connectivity index (χ3v) is 0. The normalized spacial score (nSPS) is 4.00. The van der Waals surface area contributed by atoms with E-state index >= 15 is 0 Å². The van der Waals surface area contributed by atoms with Gasteiger partial charge in [-0.2, -0.15) is 0 Å². The van der Waals surface area contributed by atoms with E-state index in [0.717, 1.165) is 0 Å². The summed E-state index contributed by atoms with van der Waals surface area (Å²) in [5.41, 5.74) is 0. The van der Waals surface area contributed by atoms with Gasteiger partial charge in [0, 0.05) is 0 Å². The Kier molecular flexibility index (Phi) is 26.6. The van der Waals surface area contributed by atoms with Crippen molar-refractivity contribution in [3.63, 3.8) is 0 Å². The maximum atomic E-state index is 8.25. The van der Waals surface area contributed by atoms with Crippen LogP contribution < -0.4 is 51.4 Å². The monoisotopic (exact) mass is 143 g/mol. The number of nitrogens with zero attached hydrogens (tertiary/aromatic N) is 1. The fourth-order valence-corrected chi connectivity index (χ4v) is 0. The van der Waals surface area contributed by atoms with Gasteiger partial charge in [-0.25, -0.2) is 0 Å². The van der Waals surface area contributed by atoms with Crippen molar-refractivity contribution in [1.82, 2.24) is 0 Å². The van der Waals surface area contributed by atoms with E-state index in [1.165, 1.54) is 0 Å². The molecule has 0 aromatic rings. The van der Waals surface area contributed by atoms with Crippen LogP contribution in [0.25, 0.3) is 0 Å². The Morgan fingerprint density at radius 1 is 1.33 bits per heavy atom. The van der Waals surface area contributed by atoms with E-state index < -0.39 is 5.09 Å².